The Bertz CT molecular complexity index is 1720. The first kappa shape index (κ1) is 29.6. The Morgan fingerprint density at radius 1 is 1.24 bits per heavy atom. The molecule has 13 heteroatoms. The van der Waals surface area contributed by atoms with Crippen LogP contribution in [0, 0.1) is 17.2 Å². The van der Waals surface area contributed by atoms with E-state index in [0.29, 0.717) is 60.4 Å². The molecule has 1 fully saturated rings. The molecule has 0 unspecified atom stereocenters. The number of nitrogens with zero attached hydrogens (tertiary/aromatic N) is 5. The first-order valence-corrected chi connectivity index (χ1v) is 15.5. The first-order chi connectivity index (χ1) is 19.7. The number of benzene rings is 1. The maximum Gasteiger partial charge on any atom is 0.410 e. The third kappa shape index (κ3) is 5.48. The van der Waals surface area contributed by atoms with Crippen LogP contribution >= 0.6 is 0 Å². The van der Waals surface area contributed by atoms with E-state index in [1.165, 1.54) is 4.31 Å². The summed E-state index contributed by atoms with van der Waals surface area (Å²) in [6.45, 7) is 10.9. The summed E-state index contributed by atoms with van der Waals surface area (Å²) in [6, 6.07) is 9.07. The van der Waals surface area contributed by atoms with Crippen LogP contribution in [0.3, 0.4) is 0 Å². The Hall–Kier alpha value is -3.89. The molecule has 0 saturated carbocycles. The van der Waals surface area contributed by atoms with Gasteiger partial charge in [0.05, 0.1) is 28.4 Å². The van der Waals surface area contributed by atoms with E-state index in [-0.39, 0.29) is 29.3 Å². The Morgan fingerprint density at radius 3 is 2.60 bits per heavy atom. The first-order valence-electron chi connectivity index (χ1n) is 14.1. The molecule has 2 aromatic heterocycles. The number of hydrogen-bond donors (Lipinski definition) is 2. The molecule has 0 aliphatic carbocycles. The number of H-pyrrole nitrogens is 1. The summed E-state index contributed by atoms with van der Waals surface area (Å²) < 4.78 is 34.8. The lowest BCUT2D eigenvalue weighted by Crippen LogP contribution is -2.49. The van der Waals surface area contributed by atoms with Gasteiger partial charge in [0.25, 0.3) is 5.56 Å². The topological polar surface area (TPSA) is 153 Å². The molecule has 12 nitrogen and oxygen atoms in total. The van der Waals surface area contributed by atoms with Crippen LogP contribution in [0.25, 0.3) is 10.9 Å². The van der Waals surface area contributed by atoms with Gasteiger partial charge in [0, 0.05) is 38.1 Å². The Kier molecular flexibility index (Phi) is 7.57. The number of aromatic nitrogens is 3. The number of sulfonamides is 1. The predicted molar refractivity (Wildman–Crippen MR) is 158 cm³/mol. The number of nitriles is 1. The molecule has 2 aliphatic heterocycles. The number of hydrogen-bond acceptors (Lipinski definition) is 8. The molecule has 224 valence electrons. The van der Waals surface area contributed by atoms with Crippen molar-refractivity contribution in [3.63, 3.8) is 0 Å². The highest BCUT2D eigenvalue weighted by molar-refractivity contribution is 7.89. The summed E-state index contributed by atoms with van der Waals surface area (Å²) in [5.41, 5.74) is 0.128. The minimum absolute atomic E-state index is 0.139. The van der Waals surface area contributed by atoms with Gasteiger partial charge in [-0.2, -0.15) is 14.7 Å². The number of anilines is 2. The number of piperidine rings is 1. The van der Waals surface area contributed by atoms with Gasteiger partial charge in [-0.15, -0.1) is 0 Å². The van der Waals surface area contributed by atoms with Crippen LogP contribution in [0.1, 0.15) is 59.4 Å². The molecule has 0 spiro atoms. The van der Waals surface area contributed by atoms with Crippen molar-refractivity contribution in [1.82, 2.24) is 24.0 Å². The van der Waals surface area contributed by atoms with Gasteiger partial charge in [-0.25, -0.2) is 13.2 Å². The van der Waals surface area contributed by atoms with E-state index in [1.54, 1.807) is 40.0 Å². The fraction of sp³-hybridized carbons (Fsp3) is 0.517. The maximum atomic E-state index is 13.1. The van der Waals surface area contributed by atoms with Gasteiger partial charge in [0.15, 0.2) is 5.82 Å². The maximum absolute atomic E-state index is 13.1. The lowest BCUT2D eigenvalue weighted by molar-refractivity contribution is 0.0110. The fourth-order valence-electron chi connectivity index (χ4n) is 5.72. The van der Waals surface area contributed by atoms with E-state index in [1.807, 2.05) is 34.6 Å². The molecular formula is C29H37N7O5S. The summed E-state index contributed by atoms with van der Waals surface area (Å²) in [5.74, 6) is 0.490. The van der Waals surface area contributed by atoms with E-state index in [4.69, 9.17) is 9.84 Å². The van der Waals surface area contributed by atoms with Gasteiger partial charge < -0.3 is 19.9 Å². The molecule has 2 N–H and O–H groups in total. The number of ether oxygens (including phenoxy) is 1. The smallest absolute Gasteiger partial charge is 0.410 e. The summed E-state index contributed by atoms with van der Waals surface area (Å²) in [4.78, 5) is 30.4. The zero-order valence-electron chi connectivity index (χ0n) is 24.6. The van der Waals surface area contributed by atoms with Crippen molar-refractivity contribution in [2.45, 2.75) is 76.5 Å². The summed E-state index contributed by atoms with van der Waals surface area (Å²) in [6.07, 6.45) is 2.19. The molecule has 0 atom stereocenters. The van der Waals surface area contributed by atoms with E-state index in [0.717, 1.165) is 0 Å². The molecule has 1 aromatic carbocycles. The number of aromatic amines is 1. The van der Waals surface area contributed by atoms with Gasteiger partial charge in [-0.1, -0.05) is 13.8 Å². The van der Waals surface area contributed by atoms with E-state index in [9.17, 15) is 23.3 Å². The van der Waals surface area contributed by atoms with Crippen molar-refractivity contribution in [2.24, 2.45) is 5.92 Å². The molecule has 2 aliphatic rings. The second-order valence-electron chi connectivity index (χ2n) is 12.5. The molecule has 4 heterocycles. The van der Waals surface area contributed by atoms with Gasteiger partial charge in [0.1, 0.15) is 11.0 Å². The number of likely N-dealkylation sites (tertiary alicyclic amines) is 1. The van der Waals surface area contributed by atoms with E-state index in [2.05, 4.69) is 16.4 Å². The zero-order chi connectivity index (χ0) is 30.4. The number of fused-ring (bicyclic) bond motifs is 2. The van der Waals surface area contributed by atoms with Crippen molar-refractivity contribution in [3.05, 3.63) is 46.4 Å². The molecule has 0 bridgehead atoms. The standard InChI is InChI=1S/C29H37N7O5S/c1-19(2)17-35-18-20-16-21(6-7-23(20)42(35,39)40)32-25-24-22(8-13-31-26(24)37)36(33-25)29(9-12-30)10-14-34(15-11-29)27(38)41-28(3,4)5/h6-8,13,16,19H,9-11,14-15,17-18H2,1-5H3,(H,31,37)(H,32,33). The van der Waals surface area contributed by atoms with Crippen LogP contribution in [0.15, 0.2) is 40.2 Å². The molecule has 0 radical (unpaired) electrons. The van der Waals surface area contributed by atoms with Gasteiger partial charge >= 0.3 is 6.09 Å². The highest BCUT2D eigenvalue weighted by atomic mass is 32.2. The predicted octanol–water partition coefficient (Wildman–Crippen LogP) is 4.27. The minimum Gasteiger partial charge on any atom is -0.444 e. The Balaban J connectivity index is 1.48. The molecular weight excluding hydrogens is 558 g/mol. The SMILES string of the molecule is CC(C)CN1Cc2cc(Nc3nn(C4(CC#N)CCN(C(=O)OC(C)(C)C)CC4)c4cc[nH]c(=O)c34)ccc2S1(=O)=O. The van der Waals surface area contributed by atoms with Crippen LogP contribution in [0.2, 0.25) is 0 Å². The van der Waals surface area contributed by atoms with Crippen LogP contribution in [-0.4, -0.2) is 63.7 Å². The van der Waals surface area contributed by atoms with Crippen molar-refractivity contribution in [3.8, 4) is 6.07 Å². The van der Waals surface area contributed by atoms with Crippen molar-refractivity contribution >= 4 is 38.5 Å². The number of amides is 1. The normalized spacial score (nSPS) is 18.2. The van der Waals surface area contributed by atoms with Crippen molar-refractivity contribution < 1.29 is 17.9 Å². The summed E-state index contributed by atoms with van der Waals surface area (Å²) in [5, 5.41) is 18.2. The fourth-order valence-corrected chi connectivity index (χ4v) is 7.50. The second-order valence-corrected chi connectivity index (χ2v) is 14.4. The molecule has 42 heavy (non-hydrogen) atoms. The highest BCUT2D eigenvalue weighted by Crippen LogP contribution is 2.38. The Labute approximate surface area is 245 Å². The van der Waals surface area contributed by atoms with Crippen LogP contribution < -0.4 is 10.9 Å². The van der Waals surface area contributed by atoms with Crippen LogP contribution in [-0.2, 0) is 26.8 Å². The number of nitrogens with one attached hydrogen (secondary N) is 2. The van der Waals surface area contributed by atoms with Crippen LogP contribution in [0.5, 0.6) is 0 Å². The molecule has 3 aromatic rings. The molecule has 1 amide bonds. The highest BCUT2D eigenvalue weighted by Gasteiger charge is 2.41. The largest absolute Gasteiger partial charge is 0.444 e. The van der Waals surface area contributed by atoms with E-state index < -0.39 is 27.3 Å². The minimum atomic E-state index is -3.55. The number of carbonyl (C=O) groups excluding carboxylic acids is 1. The van der Waals surface area contributed by atoms with Crippen LogP contribution in [0.4, 0.5) is 16.3 Å². The third-order valence-corrected chi connectivity index (χ3v) is 9.58. The molecule has 5 rings (SSSR count). The average Bonchev–Trinajstić information content (AvgIpc) is 3.38. The summed E-state index contributed by atoms with van der Waals surface area (Å²) >= 11 is 0. The lowest BCUT2D eigenvalue weighted by atomic mass is 9.85. The quantitative estimate of drug-likeness (QED) is 0.428. The van der Waals surface area contributed by atoms with Gasteiger partial charge in [0.2, 0.25) is 10.0 Å². The lowest BCUT2D eigenvalue weighted by Gasteiger charge is -2.41. The third-order valence-electron chi connectivity index (χ3n) is 7.66. The van der Waals surface area contributed by atoms with Crippen molar-refractivity contribution in [1.29, 1.82) is 5.26 Å². The zero-order valence-corrected chi connectivity index (χ0v) is 25.4. The number of pyridine rings is 1. The average molecular weight is 596 g/mol. The van der Waals surface area contributed by atoms with Gasteiger partial charge in [-0.05, 0) is 69.4 Å². The second kappa shape index (κ2) is 10.7. The number of rotatable bonds is 6. The van der Waals surface area contributed by atoms with E-state index >= 15 is 0 Å². The number of carbonyl (C=O) groups is 1. The van der Waals surface area contributed by atoms with Gasteiger partial charge in [-0.3, -0.25) is 9.48 Å². The van der Waals surface area contributed by atoms with Crippen molar-refractivity contribution in [2.75, 3.05) is 25.0 Å². The monoisotopic (exact) mass is 595 g/mol. The Morgan fingerprint density at radius 2 is 1.95 bits per heavy atom. The summed E-state index contributed by atoms with van der Waals surface area (Å²) in [7, 11) is -3.55. The molecule has 1 saturated heterocycles.